The fourth-order valence-corrected chi connectivity index (χ4v) is 2.57. The minimum absolute atomic E-state index is 0.323. The number of nitrogens with zero attached hydrogens (tertiary/aromatic N) is 2. The largest absolute Gasteiger partial charge is 0.343 e. The van der Waals surface area contributed by atoms with Crippen LogP contribution in [0.25, 0.3) is 0 Å². The summed E-state index contributed by atoms with van der Waals surface area (Å²) >= 11 is 0. The molecule has 1 aliphatic rings. The molecule has 1 amide bonds. The molecule has 1 aliphatic heterocycles. The second kappa shape index (κ2) is 7.29. The fourth-order valence-electron chi connectivity index (χ4n) is 2.57. The van der Waals surface area contributed by atoms with Crippen LogP contribution in [0.5, 0.6) is 0 Å². The van der Waals surface area contributed by atoms with Crippen molar-refractivity contribution in [2.24, 2.45) is 0 Å². The molecular weight excluding hydrogens is 236 g/mol. The molecule has 1 aromatic rings. The van der Waals surface area contributed by atoms with Gasteiger partial charge in [0.2, 0.25) is 5.91 Å². The Labute approximate surface area is 116 Å². The smallest absolute Gasteiger partial charge is 0.223 e. The molecule has 0 bridgehead atoms. The number of carbonyl (C=O) groups excluding carboxylic acids is 1. The zero-order chi connectivity index (χ0) is 13.5. The van der Waals surface area contributed by atoms with Crippen LogP contribution in [-0.4, -0.2) is 41.9 Å². The Hall–Kier alpha value is -1.35. The fraction of sp³-hybridized carbons (Fsp3) is 0.562. The van der Waals surface area contributed by atoms with Gasteiger partial charge in [0.15, 0.2) is 0 Å². The standard InChI is InChI=1S/C16H24N2O/c1-2-17(14-15-8-4-3-5-9-15)13-10-16(19)18-11-6-7-12-18/h3-5,8-9H,2,6-7,10-14H2,1H3. The number of carbonyl (C=O) groups is 1. The summed E-state index contributed by atoms with van der Waals surface area (Å²) in [5.74, 6) is 0.323. The predicted octanol–water partition coefficient (Wildman–Crippen LogP) is 2.52. The van der Waals surface area contributed by atoms with Crippen LogP contribution >= 0.6 is 0 Å². The lowest BCUT2D eigenvalue weighted by atomic mass is 10.2. The summed E-state index contributed by atoms with van der Waals surface area (Å²) in [6, 6.07) is 10.5. The highest BCUT2D eigenvalue weighted by molar-refractivity contribution is 5.76. The van der Waals surface area contributed by atoms with Crippen molar-refractivity contribution in [1.29, 1.82) is 0 Å². The zero-order valence-electron chi connectivity index (χ0n) is 11.8. The molecule has 0 radical (unpaired) electrons. The molecule has 0 saturated carbocycles. The van der Waals surface area contributed by atoms with Crippen molar-refractivity contribution in [3.05, 3.63) is 35.9 Å². The maximum atomic E-state index is 12.0. The Kier molecular flexibility index (Phi) is 5.40. The van der Waals surface area contributed by atoms with Crippen LogP contribution in [0.2, 0.25) is 0 Å². The molecule has 2 rings (SSSR count). The van der Waals surface area contributed by atoms with Crippen molar-refractivity contribution in [3.8, 4) is 0 Å². The van der Waals surface area contributed by atoms with Crippen molar-refractivity contribution in [1.82, 2.24) is 9.80 Å². The third-order valence-corrected chi connectivity index (χ3v) is 3.80. The number of amides is 1. The summed E-state index contributed by atoms with van der Waals surface area (Å²) in [4.78, 5) is 16.4. The summed E-state index contributed by atoms with van der Waals surface area (Å²) in [5.41, 5.74) is 1.32. The van der Waals surface area contributed by atoms with E-state index >= 15 is 0 Å². The molecule has 1 heterocycles. The van der Waals surface area contributed by atoms with Gasteiger partial charge in [0.05, 0.1) is 0 Å². The van der Waals surface area contributed by atoms with E-state index in [4.69, 9.17) is 0 Å². The molecule has 3 nitrogen and oxygen atoms in total. The summed E-state index contributed by atoms with van der Waals surface area (Å²) in [5, 5.41) is 0. The highest BCUT2D eigenvalue weighted by atomic mass is 16.2. The maximum Gasteiger partial charge on any atom is 0.223 e. The molecule has 1 aromatic carbocycles. The first kappa shape index (κ1) is 14.1. The van der Waals surface area contributed by atoms with Crippen molar-refractivity contribution in [2.75, 3.05) is 26.2 Å². The highest BCUT2D eigenvalue weighted by Gasteiger charge is 2.18. The third-order valence-electron chi connectivity index (χ3n) is 3.80. The minimum atomic E-state index is 0.323. The molecule has 0 aliphatic carbocycles. The van der Waals surface area contributed by atoms with Gasteiger partial charge in [0, 0.05) is 32.6 Å². The van der Waals surface area contributed by atoms with E-state index in [2.05, 4.69) is 36.1 Å². The van der Waals surface area contributed by atoms with E-state index in [1.165, 1.54) is 18.4 Å². The Morgan fingerprint density at radius 1 is 1.21 bits per heavy atom. The van der Waals surface area contributed by atoms with Gasteiger partial charge in [-0.05, 0) is 24.9 Å². The number of hydrogen-bond acceptors (Lipinski definition) is 2. The average Bonchev–Trinajstić information content (AvgIpc) is 2.98. The Bertz CT molecular complexity index is 385. The second-order valence-corrected chi connectivity index (χ2v) is 5.19. The van der Waals surface area contributed by atoms with E-state index in [1.807, 2.05) is 11.0 Å². The normalized spacial score (nSPS) is 15.2. The first-order valence-corrected chi connectivity index (χ1v) is 7.33. The van der Waals surface area contributed by atoms with Gasteiger partial charge in [0.25, 0.3) is 0 Å². The van der Waals surface area contributed by atoms with Crippen LogP contribution in [0.15, 0.2) is 30.3 Å². The van der Waals surface area contributed by atoms with Gasteiger partial charge < -0.3 is 4.90 Å². The third kappa shape index (κ3) is 4.35. The molecule has 0 spiro atoms. The SMILES string of the molecule is CCN(CCC(=O)N1CCCC1)Cc1ccccc1. The maximum absolute atomic E-state index is 12.0. The van der Waals surface area contributed by atoms with E-state index in [9.17, 15) is 4.79 Å². The van der Waals surface area contributed by atoms with Crippen molar-refractivity contribution < 1.29 is 4.79 Å². The van der Waals surface area contributed by atoms with Gasteiger partial charge in [0.1, 0.15) is 0 Å². The lowest BCUT2D eigenvalue weighted by molar-refractivity contribution is -0.130. The van der Waals surface area contributed by atoms with E-state index in [0.717, 1.165) is 32.7 Å². The Morgan fingerprint density at radius 2 is 1.89 bits per heavy atom. The quantitative estimate of drug-likeness (QED) is 0.784. The predicted molar refractivity (Wildman–Crippen MR) is 77.8 cm³/mol. The van der Waals surface area contributed by atoms with Gasteiger partial charge in [-0.2, -0.15) is 0 Å². The van der Waals surface area contributed by atoms with Crippen molar-refractivity contribution >= 4 is 5.91 Å². The molecule has 104 valence electrons. The summed E-state index contributed by atoms with van der Waals surface area (Å²) < 4.78 is 0. The van der Waals surface area contributed by atoms with Crippen LogP contribution in [0, 0.1) is 0 Å². The van der Waals surface area contributed by atoms with E-state index in [-0.39, 0.29) is 0 Å². The minimum Gasteiger partial charge on any atom is -0.343 e. The van der Waals surface area contributed by atoms with Gasteiger partial charge in [-0.15, -0.1) is 0 Å². The molecule has 0 atom stereocenters. The molecule has 3 heteroatoms. The molecule has 1 fully saturated rings. The summed E-state index contributed by atoms with van der Waals surface area (Å²) in [6.07, 6.45) is 3.00. The van der Waals surface area contributed by atoms with Crippen LogP contribution < -0.4 is 0 Å². The number of rotatable bonds is 6. The van der Waals surface area contributed by atoms with Gasteiger partial charge in [-0.3, -0.25) is 9.69 Å². The van der Waals surface area contributed by atoms with Gasteiger partial charge >= 0.3 is 0 Å². The van der Waals surface area contributed by atoms with Crippen LogP contribution in [0.1, 0.15) is 31.7 Å². The number of benzene rings is 1. The molecule has 19 heavy (non-hydrogen) atoms. The zero-order valence-corrected chi connectivity index (χ0v) is 11.8. The molecule has 0 N–H and O–H groups in total. The summed E-state index contributed by atoms with van der Waals surface area (Å²) in [6.45, 7) is 6.87. The monoisotopic (exact) mass is 260 g/mol. The number of hydrogen-bond donors (Lipinski definition) is 0. The molecular formula is C16H24N2O. The van der Waals surface area contributed by atoms with Crippen LogP contribution in [-0.2, 0) is 11.3 Å². The van der Waals surface area contributed by atoms with Gasteiger partial charge in [-0.25, -0.2) is 0 Å². The molecule has 0 aromatic heterocycles. The number of likely N-dealkylation sites (tertiary alicyclic amines) is 1. The Morgan fingerprint density at radius 3 is 2.53 bits per heavy atom. The lowest BCUT2D eigenvalue weighted by Gasteiger charge is -2.22. The van der Waals surface area contributed by atoms with E-state index in [0.29, 0.717) is 12.3 Å². The van der Waals surface area contributed by atoms with Crippen LogP contribution in [0.4, 0.5) is 0 Å². The average molecular weight is 260 g/mol. The van der Waals surface area contributed by atoms with Crippen molar-refractivity contribution in [2.45, 2.75) is 32.7 Å². The van der Waals surface area contributed by atoms with Gasteiger partial charge in [-0.1, -0.05) is 37.3 Å². The highest BCUT2D eigenvalue weighted by Crippen LogP contribution is 2.10. The van der Waals surface area contributed by atoms with Crippen LogP contribution in [0.3, 0.4) is 0 Å². The molecule has 0 unspecified atom stereocenters. The molecule has 1 saturated heterocycles. The van der Waals surface area contributed by atoms with E-state index < -0.39 is 0 Å². The Balaban J connectivity index is 1.77. The second-order valence-electron chi connectivity index (χ2n) is 5.19. The first-order chi connectivity index (χ1) is 9.29. The first-order valence-electron chi connectivity index (χ1n) is 7.33. The van der Waals surface area contributed by atoms with Crippen molar-refractivity contribution in [3.63, 3.8) is 0 Å². The lowest BCUT2D eigenvalue weighted by Crippen LogP contribution is -2.32. The van der Waals surface area contributed by atoms with E-state index in [1.54, 1.807) is 0 Å². The summed E-state index contributed by atoms with van der Waals surface area (Å²) in [7, 11) is 0. The topological polar surface area (TPSA) is 23.6 Å².